The van der Waals surface area contributed by atoms with Gasteiger partial charge in [0.1, 0.15) is 0 Å². The van der Waals surface area contributed by atoms with E-state index in [1.807, 2.05) is 19.0 Å². The minimum atomic E-state index is -4.89. The number of halogens is 6. The minimum absolute atomic E-state index is 0.0406. The van der Waals surface area contributed by atoms with Crippen LogP contribution in [0.15, 0.2) is 18.2 Å². The fourth-order valence-corrected chi connectivity index (χ4v) is 2.02. The fraction of sp³-hybridized carbons (Fsp3) is 0.500. The predicted octanol–water partition coefficient (Wildman–Crippen LogP) is 3.96. The molecule has 0 atom stereocenters. The van der Waals surface area contributed by atoms with Crippen LogP contribution in [-0.2, 0) is 12.4 Å². The smallest absolute Gasteiger partial charge is 0.362 e. The Hall–Kier alpha value is -1.55. The summed E-state index contributed by atoms with van der Waals surface area (Å²) in [6.45, 7) is 1.20. The van der Waals surface area contributed by atoms with Crippen LogP contribution in [0.1, 0.15) is 17.5 Å². The van der Waals surface area contributed by atoms with Gasteiger partial charge in [-0.05, 0) is 57.5 Å². The third-order valence-corrected chi connectivity index (χ3v) is 3.16. The van der Waals surface area contributed by atoms with E-state index in [9.17, 15) is 26.3 Å². The molecule has 0 amide bonds. The van der Waals surface area contributed by atoms with Crippen LogP contribution in [0.4, 0.5) is 32.0 Å². The van der Waals surface area contributed by atoms with Gasteiger partial charge in [-0.3, -0.25) is 0 Å². The van der Waals surface area contributed by atoms with E-state index in [1.54, 1.807) is 0 Å². The van der Waals surface area contributed by atoms with Crippen LogP contribution in [-0.4, -0.2) is 37.2 Å². The summed E-state index contributed by atoms with van der Waals surface area (Å²) in [7, 11) is 3.75. The van der Waals surface area contributed by atoms with Gasteiger partial charge in [0.2, 0.25) is 0 Å². The molecular formula is C14H17F6N3S. The number of nitrogens with one attached hydrogen (secondary N) is 2. The third-order valence-electron chi connectivity index (χ3n) is 2.91. The third kappa shape index (κ3) is 6.91. The van der Waals surface area contributed by atoms with Gasteiger partial charge in [0.15, 0.2) is 5.11 Å². The number of alkyl halides is 6. The molecule has 3 nitrogen and oxygen atoms in total. The normalized spacial score (nSPS) is 12.4. The highest BCUT2D eigenvalue weighted by atomic mass is 32.1. The van der Waals surface area contributed by atoms with Gasteiger partial charge < -0.3 is 15.5 Å². The van der Waals surface area contributed by atoms with Crippen molar-refractivity contribution in [3.8, 4) is 0 Å². The van der Waals surface area contributed by atoms with Gasteiger partial charge in [-0.25, -0.2) is 0 Å². The van der Waals surface area contributed by atoms with Gasteiger partial charge in [0.05, 0.1) is 11.1 Å². The average molecular weight is 373 g/mol. The summed E-state index contributed by atoms with van der Waals surface area (Å²) in [5, 5.41) is 5.06. The summed E-state index contributed by atoms with van der Waals surface area (Å²) < 4.78 is 76.5. The molecule has 0 unspecified atom stereocenters. The molecule has 24 heavy (non-hydrogen) atoms. The number of benzene rings is 1. The van der Waals surface area contributed by atoms with Crippen molar-refractivity contribution in [3.05, 3.63) is 29.3 Å². The number of hydrogen-bond acceptors (Lipinski definition) is 2. The summed E-state index contributed by atoms with van der Waals surface area (Å²) in [5.74, 6) is 0. The van der Waals surface area contributed by atoms with Crippen molar-refractivity contribution in [2.24, 2.45) is 0 Å². The summed E-state index contributed by atoms with van der Waals surface area (Å²) in [6, 6.07) is 1.24. The molecule has 1 aromatic rings. The molecule has 2 N–H and O–H groups in total. The van der Waals surface area contributed by atoms with Gasteiger partial charge in [-0.15, -0.1) is 0 Å². The van der Waals surface area contributed by atoms with E-state index in [-0.39, 0.29) is 16.9 Å². The number of nitrogens with zero attached hydrogens (tertiary/aromatic N) is 1. The zero-order valence-electron chi connectivity index (χ0n) is 13.0. The quantitative estimate of drug-likeness (QED) is 0.464. The second-order valence-electron chi connectivity index (χ2n) is 5.33. The monoisotopic (exact) mass is 373 g/mol. The predicted molar refractivity (Wildman–Crippen MR) is 83.8 cm³/mol. The first kappa shape index (κ1) is 20.5. The molecule has 136 valence electrons. The molecule has 0 saturated carbocycles. The molecule has 0 aliphatic rings. The summed E-state index contributed by atoms with van der Waals surface area (Å²) in [5.41, 5.74) is -3.16. The van der Waals surface area contributed by atoms with E-state index in [1.165, 1.54) is 0 Å². The largest absolute Gasteiger partial charge is 0.416 e. The first-order chi connectivity index (χ1) is 10.9. The maximum atomic E-state index is 12.7. The number of rotatable bonds is 5. The lowest BCUT2D eigenvalue weighted by atomic mass is 10.1. The van der Waals surface area contributed by atoms with Crippen LogP contribution in [0.5, 0.6) is 0 Å². The van der Waals surface area contributed by atoms with Crippen molar-refractivity contribution in [3.63, 3.8) is 0 Å². The average Bonchev–Trinajstić information content (AvgIpc) is 2.41. The zero-order chi connectivity index (χ0) is 18.5. The minimum Gasteiger partial charge on any atom is -0.362 e. The molecule has 1 rings (SSSR count). The van der Waals surface area contributed by atoms with Gasteiger partial charge in [0.25, 0.3) is 0 Å². The molecular weight excluding hydrogens is 356 g/mol. The lowest BCUT2D eigenvalue weighted by molar-refractivity contribution is -0.143. The van der Waals surface area contributed by atoms with Crippen molar-refractivity contribution < 1.29 is 26.3 Å². The maximum Gasteiger partial charge on any atom is 0.416 e. The molecule has 0 saturated heterocycles. The first-order valence-electron chi connectivity index (χ1n) is 6.88. The second-order valence-corrected chi connectivity index (χ2v) is 5.74. The highest BCUT2D eigenvalue weighted by Crippen LogP contribution is 2.37. The molecule has 0 heterocycles. The molecule has 0 spiro atoms. The Morgan fingerprint density at radius 1 is 1.00 bits per heavy atom. The van der Waals surface area contributed by atoms with Crippen LogP contribution in [0.25, 0.3) is 0 Å². The fourth-order valence-electron chi connectivity index (χ4n) is 1.80. The summed E-state index contributed by atoms with van der Waals surface area (Å²) >= 11 is 4.89. The van der Waals surface area contributed by atoms with E-state index >= 15 is 0 Å². The Kier molecular flexibility index (Phi) is 6.85. The van der Waals surface area contributed by atoms with Crippen molar-refractivity contribution in [2.75, 3.05) is 32.5 Å². The second kappa shape index (κ2) is 8.02. The lowest BCUT2D eigenvalue weighted by Gasteiger charge is -2.16. The van der Waals surface area contributed by atoms with E-state index in [0.29, 0.717) is 25.1 Å². The van der Waals surface area contributed by atoms with Crippen LogP contribution in [0.3, 0.4) is 0 Å². The van der Waals surface area contributed by atoms with Crippen molar-refractivity contribution in [1.82, 2.24) is 10.2 Å². The van der Waals surface area contributed by atoms with E-state index in [4.69, 9.17) is 12.2 Å². The van der Waals surface area contributed by atoms with Gasteiger partial charge in [-0.1, -0.05) is 0 Å². The van der Waals surface area contributed by atoms with Crippen molar-refractivity contribution >= 4 is 23.0 Å². The summed E-state index contributed by atoms with van der Waals surface area (Å²) in [6.07, 6.45) is -9.07. The Labute approximate surface area is 141 Å². The van der Waals surface area contributed by atoms with Crippen LogP contribution in [0, 0.1) is 0 Å². The van der Waals surface area contributed by atoms with Gasteiger partial charge >= 0.3 is 12.4 Å². The number of anilines is 1. The van der Waals surface area contributed by atoms with Crippen molar-refractivity contribution in [1.29, 1.82) is 0 Å². The van der Waals surface area contributed by atoms with E-state index in [0.717, 1.165) is 6.54 Å². The lowest BCUT2D eigenvalue weighted by Crippen LogP contribution is -2.31. The van der Waals surface area contributed by atoms with Crippen molar-refractivity contribution in [2.45, 2.75) is 18.8 Å². The Bertz CT molecular complexity index is 536. The zero-order valence-corrected chi connectivity index (χ0v) is 13.8. The molecule has 1 aromatic carbocycles. The Balaban J connectivity index is 2.85. The van der Waals surface area contributed by atoms with Gasteiger partial charge in [-0.2, -0.15) is 26.3 Å². The molecule has 0 bridgehead atoms. The maximum absolute atomic E-state index is 12.7. The van der Waals surface area contributed by atoms with Gasteiger partial charge in [0, 0.05) is 12.2 Å². The SMILES string of the molecule is CN(C)CCCNC(=S)Nc1cc(C(F)(F)F)cc(C(F)(F)F)c1. The highest BCUT2D eigenvalue weighted by molar-refractivity contribution is 7.80. The molecule has 0 aliphatic heterocycles. The van der Waals surface area contributed by atoms with E-state index in [2.05, 4.69) is 10.6 Å². The number of thiocarbonyl (C=S) groups is 1. The summed E-state index contributed by atoms with van der Waals surface area (Å²) in [4.78, 5) is 1.93. The van der Waals surface area contributed by atoms with Crippen LogP contribution >= 0.6 is 12.2 Å². The van der Waals surface area contributed by atoms with Crippen LogP contribution < -0.4 is 10.6 Å². The molecule has 0 aromatic heterocycles. The molecule has 0 aliphatic carbocycles. The Morgan fingerprint density at radius 2 is 1.50 bits per heavy atom. The molecule has 0 radical (unpaired) electrons. The highest BCUT2D eigenvalue weighted by Gasteiger charge is 2.36. The standard InChI is InChI=1S/C14H17F6N3S/c1-23(2)5-3-4-21-12(24)22-11-7-9(13(15,16)17)6-10(8-11)14(18,19)20/h6-8H,3-5H2,1-2H3,(H2,21,22,24). The number of hydrogen-bond donors (Lipinski definition) is 2. The van der Waals surface area contributed by atoms with Crippen LogP contribution in [0.2, 0.25) is 0 Å². The Morgan fingerprint density at radius 3 is 1.92 bits per heavy atom. The molecule has 0 fully saturated rings. The first-order valence-corrected chi connectivity index (χ1v) is 7.29. The molecule has 10 heteroatoms. The topological polar surface area (TPSA) is 27.3 Å². The van der Waals surface area contributed by atoms with E-state index < -0.39 is 23.5 Å².